The summed E-state index contributed by atoms with van der Waals surface area (Å²) in [5.74, 6) is 6.30. The number of piperidine rings is 1. The van der Waals surface area contributed by atoms with E-state index in [0.29, 0.717) is 5.92 Å². The molecule has 8 atom stereocenters. The normalized spacial score (nSPS) is 45.0. The predicted octanol–water partition coefficient (Wildman–Crippen LogP) is 5.48. The van der Waals surface area contributed by atoms with Crippen molar-refractivity contribution >= 4 is 6.08 Å². The minimum atomic E-state index is 0.662. The molecule has 1 heteroatoms. The zero-order chi connectivity index (χ0) is 17.0. The highest BCUT2D eigenvalue weighted by Crippen LogP contribution is 2.56. The number of nitrogens with one attached hydrogen (secondary N) is 1. The topological polar surface area (TPSA) is 12.0 Å². The first-order valence-electron chi connectivity index (χ1n) is 10.7. The van der Waals surface area contributed by atoms with Crippen molar-refractivity contribution in [2.75, 3.05) is 6.54 Å². The maximum atomic E-state index is 3.89. The molecule has 2 saturated carbocycles. The minimum Gasteiger partial charge on any atom is -0.314 e. The monoisotopic (exact) mass is 335 g/mol. The lowest BCUT2D eigenvalue weighted by molar-refractivity contribution is 0.0467. The highest BCUT2D eigenvalue weighted by Gasteiger charge is 2.51. The van der Waals surface area contributed by atoms with Crippen molar-refractivity contribution in [1.82, 2.24) is 5.32 Å². The van der Waals surface area contributed by atoms with Gasteiger partial charge in [-0.25, -0.2) is 0 Å². The second-order valence-corrected chi connectivity index (χ2v) is 9.50. The standard InChI is InChI=1S/C24H33N/c1-15-12-22-16(2)19-8-5-11-25-24(19)14-23(22)21(15)13-18-10-9-17-6-3-4-7-20(17)18/h3-4,6-7,9-10,15-16,18-19,21-25H,5,8,11-14H2,1-2H3. The molecule has 4 aliphatic rings. The minimum absolute atomic E-state index is 0.662. The summed E-state index contributed by atoms with van der Waals surface area (Å²) in [4.78, 5) is 0. The molecule has 1 nitrogen and oxygen atoms in total. The fourth-order valence-electron chi connectivity index (χ4n) is 7.18. The molecular formula is C24H33N. The van der Waals surface area contributed by atoms with Crippen molar-refractivity contribution in [3.05, 3.63) is 41.5 Å². The second-order valence-electron chi connectivity index (χ2n) is 9.50. The first-order chi connectivity index (χ1) is 12.2. The van der Waals surface area contributed by atoms with Gasteiger partial charge in [-0.05, 0) is 85.3 Å². The summed E-state index contributed by atoms with van der Waals surface area (Å²) < 4.78 is 0. The Hall–Kier alpha value is -1.08. The fourth-order valence-corrected chi connectivity index (χ4v) is 7.18. The van der Waals surface area contributed by atoms with Crippen LogP contribution in [0.2, 0.25) is 0 Å². The molecule has 1 aromatic rings. The third kappa shape index (κ3) is 2.62. The van der Waals surface area contributed by atoms with Crippen molar-refractivity contribution in [3.8, 4) is 0 Å². The number of rotatable bonds is 2. The lowest BCUT2D eigenvalue weighted by atomic mass is 9.62. The number of hydrogen-bond acceptors (Lipinski definition) is 1. The number of benzene rings is 1. The van der Waals surface area contributed by atoms with Crippen LogP contribution in [0, 0.1) is 35.5 Å². The van der Waals surface area contributed by atoms with Gasteiger partial charge >= 0.3 is 0 Å². The van der Waals surface area contributed by atoms with Crippen LogP contribution in [0.25, 0.3) is 6.08 Å². The molecule has 3 aliphatic carbocycles. The molecular weight excluding hydrogens is 302 g/mol. The van der Waals surface area contributed by atoms with E-state index in [1.54, 1.807) is 5.56 Å². The maximum absolute atomic E-state index is 3.89. The zero-order valence-corrected chi connectivity index (χ0v) is 15.8. The third-order valence-electron chi connectivity index (χ3n) is 8.42. The van der Waals surface area contributed by atoms with Gasteiger partial charge in [0.05, 0.1) is 0 Å². The molecule has 8 unspecified atom stereocenters. The molecule has 1 heterocycles. The van der Waals surface area contributed by atoms with Gasteiger partial charge in [-0.15, -0.1) is 0 Å². The Morgan fingerprint density at radius 1 is 1.04 bits per heavy atom. The Balaban J connectivity index is 1.37. The van der Waals surface area contributed by atoms with E-state index in [2.05, 4.69) is 55.6 Å². The van der Waals surface area contributed by atoms with Crippen LogP contribution in [0.3, 0.4) is 0 Å². The highest BCUT2D eigenvalue weighted by molar-refractivity contribution is 5.62. The summed E-state index contributed by atoms with van der Waals surface area (Å²) in [6.45, 7) is 6.39. The predicted molar refractivity (Wildman–Crippen MR) is 105 cm³/mol. The fraction of sp³-hybridized carbons (Fsp3) is 0.667. The van der Waals surface area contributed by atoms with E-state index in [-0.39, 0.29) is 0 Å². The van der Waals surface area contributed by atoms with E-state index < -0.39 is 0 Å². The smallest absolute Gasteiger partial charge is 0.0101 e. The van der Waals surface area contributed by atoms with E-state index >= 15 is 0 Å². The molecule has 0 bridgehead atoms. The molecule has 1 aliphatic heterocycles. The van der Waals surface area contributed by atoms with Crippen LogP contribution in [0.5, 0.6) is 0 Å². The van der Waals surface area contributed by atoms with Crippen LogP contribution in [0.1, 0.15) is 63.0 Å². The van der Waals surface area contributed by atoms with Crippen LogP contribution >= 0.6 is 0 Å². The molecule has 1 aromatic carbocycles. The van der Waals surface area contributed by atoms with Gasteiger partial charge < -0.3 is 5.32 Å². The van der Waals surface area contributed by atoms with Gasteiger partial charge in [0, 0.05) is 12.0 Å². The van der Waals surface area contributed by atoms with Gasteiger partial charge in [0.15, 0.2) is 0 Å². The molecule has 1 saturated heterocycles. The lowest BCUT2D eigenvalue weighted by Gasteiger charge is -2.48. The van der Waals surface area contributed by atoms with E-state index in [9.17, 15) is 0 Å². The summed E-state index contributed by atoms with van der Waals surface area (Å²) in [6.07, 6.45) is 12.0. The van der Waals surface area contributed by atoms with Crippen molar-refractivity contribution in [1.29, 1.82) is 0 Å². The van der Waals surface area contributed by atoms with Gasteiger partial charge in [0.2, 0.25) is 0 Å². The van der Waals surface area contributed by atoms with Gasteiger partial charge in [0.1, 0.15) is 0 Å². The molecule has 5 rings (SSSR count). The first kappa shape index (κ1) is 16.1. The Kier molecular flexibility index (Phi) is 4.04. The zero-order valence-electron chi connectivity index (χ0n) is 15.8. The van der Waals surface area contributed by atoms with E-state index in [0.717, 1.165) is 41.5 Å². The Morgan fingerprint density at radius 2 is 1.92 bits per heavy atom. The summed E-state index contributed by atoms with van der Waals surface area (Å²) in [6, 6.07) is 9.85. The SMILES string of the molecule is CC1CC2C(C)C3CCCNC3CC2C1CC1C=Cc2ccccc21. The van der Waals surface area contributed by atoms with Gasteiger partial charge in [-0.1, -0.05) is 50.3 Å². The van der Waals surface area contributed by atoms with Crippen molar-refractivity contribution < 1.29 is 0 Å². The molecule has 1 N–H and O–H groups in total. The van der Waals surface area contributed by atoms with Gasteiger partial charge in [-0.3, -0.25) is 0 Å². The molecule has 25 heavy (non-hydrogen) atoms. The molecule has 0 radical (unpaired) electrons. The number of hydrogen-bond donors (Lipinski definition) is 1. The van der Waals surface area contributed by atoms with Gasteiger partial charge in [-0.2, -0.15) is 0 Å². The number of fused-ring (bicyclic) bond motifs is 3. The second kappa shape index (κ2) is 6.27. The van der Waals surface area contributed by atoms with Crippen LogP contribution in [-0.2, 0) is 0 Å². The van der Waals surface area contributed by atoms with Crippen LogP contribution in [-0.4, -0.2) is 12.6 Å². The average Bonchev–Trinajstić information content (AvgIpc) is 3.18. The van der Waals surface area contributed by atoms with Crippen molar-refractivity contribution in [2.45, 2.75) is 57.9 Å². The lowest BCUT2D eigenvalue weighted by Crippen LogP contribution is -2.51. The Bertz CT molecular complexity index is 662. The summed E-state index contributed by atoms with van der Waals surface area (Å²) >= 11 is 0. The average molecular weight is 336 g/mol. The quantitative estimate of drug-likeness (QED) is 0.754. The molecule has 0 spiro atoms. The molecule has 0 amide bonds. The largest absolute Gasteiger partial charge is 0.314 e. The summed E-state index contributed by atoms with van der Waals surface area (Å²) in [5.41, 5.74) is 3.04. The maximum Gasteiger partial charge on any atom is 0.0101 e. The van der Waals surface area contributed by atoms with Crippen LogP contribution in [0.15, 0.2) is 30.3 Å². The third-order valence-corrected chi connectivity index (χ3v) is 8.42. The van der Waals surface area contributed by atoms with E-state index in [1.165, 1.54) is 44.2 Å². The Labute approximate surface area is 153 Å². The number of allylic oxidation sites excluding steroid dienone is 1. The van der Waals surface area contributed by atoms with Crippen molar-refractivity contribution in [2.24, 2.45) is 35.5 Å². The molecule has 0 aromatic heterocycles. The van der Waals surface area contributed by atoms with Gasteiger partial charge in [0.25, 0.3) is 0 Å². The summed E-state index contributed by atoms with van der Waals surface area (Å²) in [5, 5.41) is 3.89. The van der Waals surface area contributed by atoms with Crippen molar-refractivity contribution in [3.63, 3.8) is 0 Å². The summed E-state index contributed by atoms with van der Waals surface area (Å²) in [7, 11) is 0. The molecule has 3 fully saturated rings. The van der Waals surface area contributed by atoms with E-state index in [1.807, 2.05) is 0 Å². The Morgan fingerprint density at radius 3 is 2.84 bits per heavy atom. The van der Waals surface area contributed by atoms with Crippen LogP contribution in [0.4, 0.5) is 0 Å². The first-order valence-corrected chi connectivity index (χ1v) is 10.7. The van der Waals surface area contributed by atoms with Crippen LogP contribution < -0.4 is 5.32 Å². The molecule has 134 valence electrons. The highest BCUT2D eigenvalue weighted by atomic mass is 14.9. The van der Waals surface area contributed by atoms with E-state index in [4.69, 9.17) is 0 Å².